The Morgan fingerprint density at radius 1 is 0.885 bits per heavy atom. The maximum Gasteiger partial charge on any atom is 0.311 e. The molecule has 0 radical (unpaired) electrons. The van der Waals surface area contributed by atoms with Gasteiger partial charge in [0.05, 0.1) is 16.8 Å². The van der Waals surface area contributed by atoms with E-state index in [1.165, 1.54) is 0 Å². The molecule has 2 aromatic carbocycles. The van der Waals surface area contributed by atoms with E-state index in [1.807, 2.05) is 0 Å². The van der Waals surface area contributed by atoms with Crippen LogP contribution in [0.5, 0.6) is 5.75 Å². The Morgan fingerprint density at radius 2 is 1.50 bits per heavy atom. The zero-order valence-corrected chi connectivity index (χ0v) is 14.7. The van der Waals surface area contributed by atoms with Crippen LogP contribution in [0.3, 0.4) is 0 Å². The molecule has 2 amide bonds. The average Bonchev–Trinajstić information content (AvgIpc) is 2.91. The predicted octanol–water partition coefficient (Wildman–Crippen LogP) is 4.36. The molecule has 1 aliphatic heterocycles. The molecule has 5 heteroatoms. The molecule has 5 nitrogen and oxygen atoms in total. The molecule has 2 aromatic rings. The lowest BCUT2D eigenvalue weighted by Gasteiger charge is -2.14. The quantitative estimate of drug-likeness (QED) is 0.322. The van der Waals surface area contributed by atoms with Crippen molar-refractivity contribution in [3.8, 4) is 5.75 Å². The van der Waals surface area contributed by atoms with Crippen LogP contribution in [0.25, 0.3) is 0 Å². The topological polar surface area (TPSA) is 63.7 Å². The number of hydrogen-bond donors (Lipinski definition) is 0. The molecule has 134 valence electrons. The summed E-state index contributed by atoms with van der Waals surface area (Å²) in [6, 6.07) is 13.2. The number of benzene rings is 2. The van der Waals surface area contributed by atoms with E-state index in [1.54, 1.807) is 48.5 Å². The summed E-state index contributed by atoms with van der Waals surface area (Å²) in [4.78, 5) is 37.9. The molecule has 0 saturated heterocycles. The fourth-order valence-electron chi connectivity index (χ4n) is 2.97. The normalized spacial score (nSPS) is 13.0. The van der Waals surface area contributed by atoms with Crippen LogP contribution in [0.4, 0.5) is 5.69 Å². The van der Waals surface area contributed by atoms with Crippen LogP contribution in [0, 0.1) is 0 Å². The first-order chi connectivity index (χ1) is 12.6. The number of anilines is 1. The maximum absolute atomic E-state index is 12.5. The third-order valence-electron chi connectivity index (χ3n) is 4.36. The van der Waals surface area contributed by atoms with Crippen LogP contribution in [0.1, 0.15) is 59.7 Å². The fraction of sp³-hybridized carbons (Fsp3) is 0.286. The minimum Gasteiger partial charge on any atom is -0.427 e. The summed E-state index contributed by atoms with van der Waals surface area (Å²) in [7, 11) is 0. The molecule has 0 N–H and O–H groups in total. The molecular weight excluding hydrogens is 330 g/mol. The highest BCUT2D eigenvalue weighted by molar-refractivity contribution is 6.34. The number of carbonyl (C=O) groups excluding carboxylic acids is 3. The van der Waals surface area contributed by atoms with Gasteiger partial charge in [0.15, 0.2) is 0 Å². The third-order valence-corrected chi connectivity index (χ3v) is 4.36. The van der Waals surface area contributed by atoms with E-state index in [-0.39, 0.29) is 17.8 Å². The van der Waals surface area contributed by atoms with Crippen molar-refractivity contribution in [1.29, 1.82) is 0 Å². The van der Waals surface area contributed by atoms with Gasteiger partial charge in [-0.25, -0.2) is 4.90 Å². The number of amides is 2. The second-order valence-electron chi connectivity index (χ2n) is 6.27. The van der Waals surface area contributed by atoms with Crippen molar-refractivity contribution >= 4 is 23.5 Å². The fourth-order valence-corrected chi connectivity index (χ4v) is 2.97. The first-order valence-corrected chi connectivity index (χ1v) is 8.90. The van der Waals surface area contributed by atoms with Gasteiger partial charge in [-0.3, -0.25) is 14.4 Å². The van der Waals surface area contributed by atoms with Crippen molar-refractivity contribution in [2.24, 2.45) is 0 Å². The van der Waals surface area contributed by atoms with E-state index >= 15 is 0 Å². The number of imide groups is 1. The highest BCUT2D eigenvalue weighted by atomic mass is 16.5. The molecular formula is C21H21NO4. The lowest BCUT2D eigenvalue weighted by Crippen LogP contribution is -2.29. The number of hydrogen-bond acceptors (Lipinski definition) is 4. The molecule has 1 aliphatic rings. The summed E-state index contributed by atoms with van der Waals surface area (Å²) in [5, 5.41) is 0. The predicted molar refractivity (Wildman–Crippen MR) is 98.4 cm³/mol. The van der Waals surface area contributed by atoms with Crippen LogP contribution in [-0.2, 0) is 4.79 Å². The van der Waals surface area contributed by atoms with Gasteiger partial charge in [0.25, 0.3) is 11.8 Å². The number of carbonyl (C=O) groups is 3. The molecule has 3 rings (SSSR count). The Bertz CT molecular complexity index is 791. The van der Waals surface area contributed by atoms with Crippen molar-refractivity contribution in [2.45, 2.75) is 39.0 Å². The minimum absolute atomic E-state index is 0.269. The molecule has 26 heavy (non-hydrogen) atoms. The smallest absolute Gasteiger partial charge is 0.311 e. The summed E-state index contributed by atoms with van der Waals surface area (Å²) < 4.78 is 5.30. The Kier molecular flexibility index (Phi) is 5.46. The Balaban J connectivity index is 1.64. The second-order valence-corrected chi connectivity index (χ2v) is 6.27. The summed E-state index contributed by atoms with van der Waals surface area (Å²) in [5.74, 6) is -0.544. The summed E-state index contributed by atoms with van der Waals surface area (Å²) >= 11 is 0. The maximum atomic E-state index is 12.5. The number of rotatable bonds is 7. The Morgan fingerprint density at radius 3 is 2.08 bits per heavy atom. The molecule has 0 aromatic heterocycles. The van der Waals surface area contributed by atoms with Crippen molar-refractivity contribution in [1.82, 2.24) is 0 Å². The van der Waals surface area contributed by atoms with E-state index < -0.39 is 0 Å². The number of fused-ring (bicyclic) bond motifs is 1. The highest BCUT2D eigenvalue weighted by Crippen LogP contribution is 2.29. The molecule has 0 saturated carbocycles. The SMILES string of the molecule is CCCCCCC(=O)Oc1ccc(N2C(=O)c3ccccc3C2=O)cc1. The van der Waals surface area contributed by atoms with Gasteiger partial charge in [-0.2, -0.15) is 0 Å². The number of unbranched alkanes of at least 4 members (excludes halogenated alkanes) is 3. The molecule has 0 bridgehead atoms. The van der Waals surface area contributed by atoms with Gasteiger partial charge < -0.3 is 4.74 Å². The van der Waals surface area contributed by atoms with Gasteiger partial charge in [0.2, 0.25) is 0 Å². The van der Waals surface area contributed by atoms with Crippen molar-refractivity contribution in [3.63, 3.8) is 0 Å². The zero-order valence-electron chi connectivity index (χ0n) is 14.7. The van der Waals surface area contributed by atoms with E-state index in [9.17, 15) is 14.4 Å². The molecule has 1 heterocycles. The van der Waals surface area contributed by atoms with E-state index in [2.05, 4.69) is 6.92 Å². The van der Waals surface area contributed by atoms with Crippen molar-refractivity contribution in [3.05, 3.63) is 59.7 Å². The monoisotopic (exact) mass is 351 g/mol. The van der Waals surface area contributed by atoms with Gasteiger partial charge in [0, 0.05) is 6.42 Å². The van der Waals surface area contributed by atoms with Gasteiger partial charge >= 0.3 is 5.97 Å². The standard InChI is InChI=1S/C21H21NO4/c1-2-3-4-5-10-19(23)26-16-13-11-15(12-14-16)22-20(24)17-8-6-7-9-18(17)21(22)25/h6-9,11-14H,2-5,10H2,1H3. The second kappa shape index (κ2) is 7.95. The Labute approximate surface area is 152 Å². The van der Waals surface area contributed by atoms with Crippen molar-refractivity contribution < 1.29 is 19.1 Å². The zero-order chi connectivity index (χ0) is 18.5. The molecule has 0 fully saturated rings. The van der Waals surface area contributed by atoms with Gasteiger partial charge in [-0.15, -0.1) is 0 Å². The molecule has 0 unspecified atom stereocenters. The first kappa shape index (κ1) is 17.9. The van der Waals surface area contributed by atoms with Gasteiger partial charge in [-0.05, 0) is 42.8 Å². The number of nitrogens with zero attached hydrogens (tertiary/aromatic N) is 1. The summed E-state index contributed by atoms with van der Waals surface area (Å²) in [5.41, 5.74) is 1.26. The van der Waals surface area contributed by atoms with Crippen LogP contribution < -0.4 is 9.64 Å². The summed E-state index contributed by atoms with van der Waals surface area (Å²) in [6.07, 6.45) is 4.46. The van der Waals surface area contributed by atoms with Crippen LogP contribution >= 0.6 is 0 Å². The number of ether oxygens (including phenoxy) is 1. The minimum atomic E-state index is -0.341. The molecule has 0 aliphatic carbocycles. The Hall–Kier alpha value is -2.95. The van der Waals surface area contributed by atoms with Crippen LogP contribution in [-0.4, -0.2) is 17.8 Å². The van der Waals surface area contributed by atoms with Crippen LogP contribution in [0.2, 0.25) is 0 Å². The van der Waals surface area contributed by atoms with Gasteiger partial charge in [-0.1, -0.05) is 38.3 Å². The van der Waals surface area contributed by atoms with E-state index in [0.29, 0.717) is 29.0 Å². The number of esters is 1. The molecule has 0 spiro atoms. The first-order valence-electron chi connectivity index (χ1n) is 8.90. The average molecular weight is 351 g/mol. The van der Waals surface area contributed by atoms with Crippen LogP contribution in [0.15, 0.2) is 48.5 Å². The molecule has 0 atom stereocenters. The largest absolute Gasteiger partial charge is 0.427 e. The van der Waals surface area contributed by atoms with E-state index in [4.69, 9.17) is 4.74 Å². The van der Waals surface area contributed by atoms with E-state index in [0.717, 1.165) is 30.6 Å². The van der Waals surface area contributed by atoms with Crippen molar-refractivity contribution in [2.75, 3.05) is 4.90 Å². The highest BCUT2D eigenvalue weighted by Gasteiger charge is 2.36. The lowest BCUT2D eigenvalue weighted by molar-refractivity contribution is -0.134. The van der Waals surface area contributed by atoms with Gasteiger partial charge in [0.1, 0.15) is 5.75 Å². The third kappa shape index (κ3) is 3.67. The summed E-state index contributed by atoms with van der Waals surface area (Å²) in [6.45, 7) is 2.12. The lowest BCUT2D eigenvalue weighted by atomic mass is 10.1.